The number of alkyl halides is 6. The molecule has 1 heterocycles. The molecule has 0 fully saturated rings. The molecule has 1 aliphatic rings. The van der Waals surface area contributed by atoms with Crippen molar-refractivity contribution in [2.24, 2.45) is 0 Å². The van der Waals surface area contributed by atoms with Gasteiger partial charge in [-0.2, -0.15) is 0 Å². The van der Waals surface area contributed by atoms with Gasteiger partial charge in [-0.05, 0) is 0 Å². The van der Waals surface area contributed by atoms with Crippen molar-refractivity contribution in [3.05, 3.63) is 49.1 Å². The molecule has 2 aromatic rings. The fourth-order valence-corrected chi connectivity index (χ4v) is 8.70. The van der Waals surface area contributed by atoms with Crippen LogP contribution in [0.4, 0.5) is 26.3 Å². The van der Waals surface area contributed by atoms with E-state index in [9.17, 15) is 26.3 Å². The molecule has 0 saturated heterocycles. The monoisotopic (exact) mass is 536 g/mol. The van der Waals surface area contributed by atoms with Crippen molar-refractivity contribution in [2.45, 2.75) is 18.0 Å². The van der Waals surface area contributed by atoms with Crippen molar-refractivity contribution in [3.63, 3.8) is 0 Å². The van der Waals surface area contributed by atoms with Gasteiger partial charge in [-0.1, -0.05) is 0 Å². The predicted molar refractivity (Wildman–Crippen MR) is 98.8 cm³/mol. The molecule has 0 unspecified atom stereocenters. The van der Waals surface area contributed by atoms with Crippen LogP contribution >= 0.6 is 20.2 Å². The number of hydrogen-bond donors (Lipinski definition) is 0. The van der Waals surface area contributed by atoms with Crippen molar-refractivity contribution in [1.29, 1.82) is 0 Å². The summed E-state index contributed by atoms with van der Waals surface area (Å²) in [6.07, 6.45) is -11.4. The maximum atomic E-state index is 13.9. The maximum absolute atomic E-state index is 13.9. The molecule has 0 aliphatic carbocycles. The molecule has 4 nitrogen and oxygen atoms in total. The van der Waals surface area contributed by atoms with Crippen LogP contribution < -0.4 is 14.2 Å². The summed E-state index contributed by atoms with van der Waals surface area (Å²) in [6.45, 7) is 0. The number of fused-ring (bicyclic) bond motifs is 1. The van der Waals surface area contributed by atoms with Gasteiger partial charge in [-0.25, -0.2) is 0 Å². The molecule has 29 heavy (non-hydrogen) atoms. The SMILES string of the molecule is COc1cc(OC)c(I2OC(C(F)(F)F)(C(F)(F)F)c3ccccc32)c(OC)c1. The minimum atomic E-state index is -5.72. The zero-order valence-corrected chi connectivity index (χ0v) is 17.4. The van der Waals surface area contributed by atoms with Crippen LogP contribution in [0.5, 0.6) is 17.2 Å². The van der Waals surface area contributed by atoms with E-state index in [1.165, 1.54) is 45.6 Å². The van der Waals surface area contributed by atoms with Gasteiger partial charge in [0.1, 0.15) is 0 Å². The predicted octanol–water partition coefficient (Wildman–Crippen LogP) is 5.52. The Morgan fingerprint density at radius 3 is 1.79 bits per heavy atom. The molecule has 160 valence electrons. The van der Waals surface area contributed by atoms with Crippen molar-refractivity contribution < 1.29 is 43.6 Å². The van der Waals surface area contributed by atoms with Crippen molar-refractivity contribution in [3.8, 4) is 17.2 Å². The van der Waals surface area contributed by atoms with E-state index in [0.29, 0.717) is 0 Å². The third kappa shape index (κ3) is 3.27. The number of benzene rings is 2. The average Bonchev–Trinajstić information content (AvgIpc) is 3.03. The Morgan fingerprint density at radius 1 is 0.828 bits per heavy atom. The third-order valence-electron chi connectivity index (χ3n) is 4.26. The molecule has 0 saturated carbocycles. The fraction of sp³-hybridized carbons (Fsp3) is 0.333. The van der Waals surface area contributed by atoms with E-state index >= 15 is 0 Å². The molecule has 0 atom stereocenters. The second-order valence-corrected chi connectivity index (χ2v) is 9.93. The molecule has 11 heteroatoms. The molecule has 0 aromatic heterocycles. The van der Waals surface area contributed by atoms with Crippen molar-refractivity contribution in [1.82, 2.24) is 0 Å². The molecular formula is C18H15F6IO4. The van der Waals surface area contributed by atoms with Crippen molar-refractivity contribution >= 4 is 20.2 Å². The van der Waals surface area contributed by atoms with Gasteiger partial charge in [0.2, 0.25) is 0 Å². The van der Waals surface area contributed by atoms with Crippen LogP contribution in [0.25, 0.3) is 0 Å². The molecular weight excluding hydrogens is 521 g/mol. The van der Waals surface area contributed by atoms with E-state index in [-0.39, 0.29) is 24.4 Å². The first kappa shape index (κ1) is 21.8. The van der Waals surface area contributed by atoms with Crippen LogP contribution in [0.1, 0.15) is 5.56 Å². The molecule has 0 radical (unpaired) electrons. The van der Waals surface area contributed by atoms with E-state index in [2.05, 4.69) is 0 Å². The summed E-state index contributed by atoms with van der Waals surface area (Å²) in [6, 6.07) is 7.25. The standard InChI is InChI=1S/C18H15F6IO4/c1-26-10-8-13(27-2)15(14(9-10)28-3)25-12-7-5-4-6-11(12)16(29-25,17(19,20)21)18(22,23)24/h4-9H,1-3H3. The van der Waals surface area contributed by atoms with Crippen molar-refractivity contribution in [2.75, 3.05) is 21.3 Å². The summed E-state index contributed by atoms with van der Waals surface area (Å²) in [5.74, 6) is 0.325. The average molecular weight is 536 g/mol. The molecule has 0 amide bonds. The van der Waals surface area contributed by atoms with E-state index < -0.39 is 43.8 Å². The summed E-state index contributed by atoms with van der Waals surface area (Å²) in [4.78, 5) is 0. The Balaban J connectivity index is 2.33. The van der Waals surface area contributed by atoms with Gasteiger partial charge in [0.05, 0.1) is 0 Å². The van der Waals surface area contributed by atoms with Crippen LogP contribution in [0.15, 0.2) is 36.4 Å². The van der Waals surface area contributed by atoms with Gasteiger partial charge < -0.3 is 0 Å². The summed E-state index contributed by atoms with van der Waals surface area (Å²) >= 11 is -3.78. The number of ether oxygens (including phenoxy) is 3. The summed E-state index contributed by atoms with van der Waals surface area (Å²) < 4.78 is 104. The van der Waals surface area contributed by atoms with Crippen LogP contribution in [0, 0.1) is 7.14 Å². The summed E-state index contributed by atoms with van der Waals surface area (Å²) in [5, 5.41) is 0. The topological polar surface area (TPSA) is 36.9 Å². The van der Waals surface area contributed by atoms with E-state index in [0.717, 1.165) is 12.1 Å². The number of methoxy groups -OCH3 is 3. The van der Waals surface area contributed by atoms with E-state index in [1.807, 2.05) is 0 Å². The molecule has 2 aromatic carbocycles. The first-order chi connectivity index (χ1) is 13.5. The van der Waals surface area contributed by atoms with Gasteiger partial charge in [0.15, 0.2) is 0 Å². The minimum absolute atomic E-state index is 0.0290. The first-order valence-corrected chi connectivity index (χ1v) is 11.0. The molecule has 0 bridgehead atoms. The summed E-state index contributed by atoms with van der Waals surface area (Å²) in [5.41, 5.74) is -5.37. The van der Waals surface area contributed by atoms with Gasteiger partial charge >= 0.3 is 169 Å². The Bertz CT molecular complexity index is 873. The van der Waals surface area contributed by atoms with Crippen LogP contribution in [0.2, 0.25) is 0 Å². The van der Waals surface area contributed by atoms with Gasteiger partial charge in [-0.3, -0.25) is 0 Å². The van der Waals surface area contributed by atoms with Crippen LogP contribution in [-0.2, 0) is 8.67 Å². The van der Waals surface area contributed by atoms with Gasteiger partial charge in [-0.15, -0.1) is 0 Å². The van der Waals surface area contributed by atoms with E-state index in [4.69, 9.17) is 17.3 Å². The fourth-order valence-electron chi connectivity index (χ4n) is 2.92. The van der Waals surface area contributed by atoms with Crippen LogP contribution in [0.3, 0.4) is 0 Å². The quantitative estimate of drug-likeness (QED) is 0.381. The molecule has 0 spiro atoms. The zero-order chi connectivity index (χ0) is 21.6. The second kappa shape index (κ2) is 7.42. The van der Waals surface area contributed by atoms with Gasteiger partial charge in [0, 0.05) is 0 Å². The number of hydrogen-bond acceptors (Lipinski definition) is 4. The Kier molecular flexibility index (Phi) is 5.58. The normalized spacial score (nSPS) is 17.1. The molecule has 1 aliphatic heterocycles. The van der Waals surface area contributed by atoms with E-state index in [1.54, 1.807) is 0 Å². The zero-order valence-electron chi connectivity index (χ0n) is 15.2. The first-order valence-electron chi connectivity index (χ1n) is 7.94. The number of rotatable bonds is 4. The third-order valence-corrected chi connectivity index (χ3v) is 9.40. The Labute approximate surface area is 169 Å². The molecule has 0 N–H and O–H groups in total. The number of halogens is 7. The Morgan fingerprint density at radius 2 is 1.34 bits per heavy atom. The molecule has 3 rings (SSSR count). The second-order valence-electron chi connectivity index (χ2n) is 5.83. The van der Waals surface area contributed by atoms with Crippen LogP contribution in [-0.4, -0.2) is 33.7 Å². The van der Waals surface area contributed by atoms with Gasteiger partial charge in [0.25, 0.3) is 0 Å². The summed E-state index contributed by atoms with van der Waals surface area (Å²) in [7, 11) is 3.85. The Hall–Kier alpha value is -1.89.